The van der Waals surface area contributed by atoms with E-state index in [1.165, 1.54) is 18.3 Å². The number of rotatable bonds is 6. The van der Waals surface area contributed by atoms with Gasteiger partial charge in [0.25, 0.3) is 5.89 Å². The van der Waals surface area contributed by atoms with E-state index in [2.05, 4.69) is 25.5 Å². The molecule has 0 aliphatic carbocycles. The van der Waals surface area contributed by atoms with E-state index in [9.17, 15) is 8.42 Å². The van der Waals surface area contributed by atoms with Crippen LogP contribution in [0.2, 0.25) is 0 Å². The van der Waals surface area contributed by atoms with Crippen molar-refractivity contribution in [2.24, 2.45) is 0 Å². The second-order valence-electron chi connectivity index (χ2n) is 6.93. The fourth-order valence-corrected chi connectivity index (χ4v) is 3.60. The largest absolute Gasteiger partial charge is 0.414 e. The molecule has 0 saturated carbocycles. The maximum Gasteiger partial charge on any atom is 0.270 e. The Balaban J connectivity index is 0.00000193. The monoisotopic (exact) mass is 442 g/mol. The first-order valence-corrected chi connectivity index (χ1v) is 11.2. The van der Waals surface area contributed by atoms with Gasteiger partial charge in [-0.25, -0.2) is 18.4 Å². The lowest BCUT2D eigenvalue weighted by Gasteiger charge is -2.05. The van der Waals surface area contributed by atoms with E-state index in [1.54, 1.807) is 12.1 Å². The lowest BCUT2D eigenvalue weighted by Crippen LogP contribution is -2.04. The Morgan fingerprint density at radius 2 is 1.65 bits per heavy atom. The highest BCUT2D eigenvalue weighted by Crippen LogP contribution is 2.28. The van der Waals surface area contributed by atoms with Crippen LogP contribution in [-0.4, -0.2) is 41.9 Å². The number of hydrogen-bond donors (Lipinski definition) is 2. The molecule has 0 aliphatic rings. The molecule has 2 aromatic carbocycles. The van der Waals surface area contributed by atoms with Gasteiger partial charge in [0.1, 0.15) is 0 Å². The highest BCUT2D eigenvalue weighted by atomic mass is 32.2. The van der Waals surface area contributed by atoms with Gasteiger partial charge >= 0.3 is 0 Å². The van der Waals surface area contributed by atoms with Gasteiger partial charge in [-0.15, -0.1) is 10.2 Å². The van der Waals surface area contributed by atoms with Crippen molar-refractivity contribution in [3.63, 3.8) is 0 Å². The van der Waals surface area contributed by atoms with E-state index in [4.69, 9.17) is 10.2 Å². The molecule has 0 spiro atoms. The minimum atomic E-state index is -3.28. The van der Waals surface area contributed by atoms with Crippen molar-refractivity contribution in [2.75, 3.05) is 19.0 Å². The van der Waals surface area contributed by atoms with E-state index in [1.807, 2.05) is 31.3 Å². The van der Waals surface area contributed by atoms with Gasteiger partial charge in [-0.1, -0.05) is 24.3 Å². The third-order valence-corrected chi connectivity index (χ3v) is 5.72. The maximum absolute atomic E-state index is 11.7. The van der Waals surface area contributed by atoms with Crippen LogP contribution in [0.4, 0.5) is 5.82 Å². The number of benzene rings is 2. The van der Waals surface area contributed by atoms with Gasteiger partial charge in [0.05, 0.1) is 16.8 Å². The minimum Gasteiger partial charge on any atom is -0.414 e. The first-order valence-electron chi connectivity index (χ1n) is 9.36. The SMILES string of the molecule is CNCc1ccc(-c2nnc(-c3nc(-c4ccc(S(C)(=O)=O)cc4)cnc3N)o2)cc1.[HH].[HH].[HH]. The van der Waals surface area contributed by atoms with Gasteiger partial charge in [-0.05, 0) is 36.9 Å². The molecule has 0 unspecified atom stereocenters. The van der Waals surface area contributed by atoms with Crippen molar-refractivity contribution in [3.8, 4) is 34.3 Å². The molecule has 31 heavy (non-hydrogen) atoms. The lowest BCUT2D eigenvalue weighted by atomic mass is 10.1. The number of sulfone groups is 1. The maximum atomic E-state index is 11.7. The molecule has 0 amide bonds. The number of nitrogens with zero attached hydrogens (tertiary/aromatic N) is 4. The summed E-state index contributed by atoms with van der Waals surface area (Å²) in [6, 6.07) is 14.1. The molecule has 4 aromatic rings. The Hall–Kier alpha value is -3.63. The van der Waals surface area contributed by atoms with Crippen LogP contribution in [0.3, 0.4) is 0 Å². The smallest absolute Gasteiger partial charge is 0.270 e. The summed E-state index contributed by atoms with van der Waals surface area (Å²) in [5.74, 6) is 0.639. The molecule has 0 radical (unpaired) electrons. The van der Waals surface area contributed by atoms with Crippen molar-refractivity contribution in [2.45, 2.75) is 11.4 Å². The molecular weight excluding hydrogens is 416 g/mol. The van der Waals surface area contributed by atoms with Crippen LogP contribution in [0.25, 0.3) is 34.3 Å². The predicted octanol–water partition coefficient (Wildman–Crippen LogP) is 3.30. The van der Waals surface area contributed by atoms with Gasteiger partial charge in [0, 0.05) is 28.2 Å². The van der Waals surface area contributed by atoms with E-state index >= 15 is 0 Å². The van der Waals surface area contributed by atoms with Gasteiger partial charge < -0.3 is 15.5 Å². The second-order valence-corrected chi connectivity index (χ2v) is 8.94. The Kier molecular flexibility index (Phi) is 5.49. The van der Waals surface area contributed by atoms with E-state index < -0.39 is 9.84 Å². The van der Waals surface area contributed by atoms with Crippen LogP contribution in [0.1, 0.15) is 9.84 Å². The molecule has 3 N–H and O–H groups in total. The quantitative estimate of drug-likeness (QED) is 0.460. The number of hydrogen-bond acceptors (Lipinski definition) is 9. The molecule has 2 heterocycles. The van der Waals surface area contributed by atoms with Crippen LogP contribution in [-0.2, 0) is 16.4 Å². The minimum absolute atomic E-state index is 0. The zero-order valence-corrected chi connectivity index (χ0v) is 17.7. The van der Waals surface area contributed by atoms with Crippen molar-refractivity contribution in [1.82, 2.24) is 25.5 Å². The normalized spacial score (nSPS) is 11.5. The molecule has 2 aromatic heterocycles. The number of nitrogen functional groups attached to an aromatic ring is 1. The number of aromatic nitrogens is 4. The first-order chi connectivity index (χ1) is 14.8. The molecular formula is C21H26N6O3S. The van der Waals surface area contributed by atoms with Gasteiger partial charge in [-0.2, -0.15) is 0 Å². The summed E-state index contributed by atoms with van der Waals surface area (Å²) in [7, 11) is -1.40. The van der Waals surface area contributed by atoms with Crippen LogP contribution >= 0.6 is 0 Å². The highest BCUT2D eigenvalue weighted by Gasteiger charge is 2.17. The molecule has 9 nitrogen and oxygen atoms in total. The zero-order chi connectivity index (χ0) is 22.0. The fraction of sp³-hybridized carbons (Fsp3) is 0.143. The topological polar surface area (TPSA) is 137 Å². The number of nitrogens with two attached hydrogens (primary N) is 1. The van der Waals surface area contributed by atoms with E-state index in [0.717, 1.165) is 23.9 Å². The van der Waals surface area contributed by atoms with Gasteiger partial charge in [0.2, 0.25) is 5.89 Å². The third-order valence-electron chi connectivity index (χ3n) is 4.59. The molecule has 0 atom stereocenters. The summed E-state index contributed by atoms with van der Waals surface area (Å²) < 4.78 is 29.1. The van der Waals surface area contributed by atoms with Gasteiger partial charge in [0.15, 0.2) is 21.3 Å². The van der Waals surface area contributed by atoms with Crippen molar-refractivity contribution < 1.29 is 17.1 Å². The molecule has 0 fully saturated rings. The van der Waals surface area contributed by atoms with E-state index in [-0.39, 0.29) is 26.6 Å². The summed E-state index contributed by atoms with van der Waals surface area (Å²) >= 11 is 0. The predicted molar refractivity (Wildman–Crippen MR) is 123 cm³/mol. The van der Waals surface area contributed by atoms with Crippen LogP contribution in [0, 0.1) is 0 Å². The lowest BCUT2D eigenvalue weighted by molar-refractivity contribution is 0.582. The Morgan fingerprint density at radius 3 is 2.29 bits per heavy atom. The summed E-state index contributed by atoms with van der Waals surface area (Å²) in [5.41, 5.74) is 9.35. The Labute approximate surface area is 183 Å². The fourth-order valence-electron chi connectivity index (χ4n) is 2.97. The molecule has 164 valence electrons. The molecule has 0 bridgehead atoms. The van der Waals surface area contributed by atoms with E-state index in [0.29, 0.717) is 17.1 Å². The summed E-state index contributed by atoms with van der Waals surface area (Å²) in [6.45, 7) is 0.763. The zero-order valence-electron chi connectivity index (χ0n) is 16.9. The number of nitrogens with one attached hydrogen (secondary N) is 1. The summed E-state index contributed by atoms with van der Waals surface area (Å²) in [4.78, 5) is 8.91. The van der Waals surface area contributed by atoms with Crippen molar-refractivity contribution in [3.05, 3.63) is 60.3 Å². The van der Waals surface area contributed by atoms with Gasteiger partial charge in [-0.3, -0.25) is 0 Å². The van der Waals surface area contributed by atoms with Crippen LogP contribution in [0.15, 0.2) is 64.0 Å². The Bertz CT molecular complexity index is 1330. The summed E-state index contributed by atoms with van der Waals surface area (Å²) in [5, 5.41) is 11.3. The first kappa shape index (κ1) is 20.6. The average molecular weight is 443 g/mol. The Morgan fingerprint density at radius 1 is 1.00 bits per heavy atom. The second kappa shape index (κ2) is 8.25. The molecule has 0 aliphatic heterocycles. The molecule has 10 heteroatoms. The van der Waals surface area contributed by atoms with Crippen molar-refractivity contribution >= 4 is 15.7 Å². The molecule has 0 saturated heterocycles. The third kappa shape index (κ3) is 4.44. The highest BCUT2D eigenvalue weighted by molar-refractivity contribution is 7.90. The van der Waals surface area contributed by atoms with Crippen molar-refractivity contribution in [1.29, 1.82) is 0 Å². The number of anilines is 1. The van der Waals surface area contributed by atoms with Crippen LogP contribution in [0.5, 0.6) is 0 Å². The standard InChI is InChI=1S/C21H20N6O3S.3H2/c1-23-11-13-3-5-15(6-4-13)20-26-27-21(30-20)18-19(22)24-12-17(25-18)14-7-9-16(10-8-14)31(2,28)29;;;/h3-10,12,23H,11H2,1-2H3,(H2,22,24);3*1H. The van der Waals surface area contributed by atoms with Crippen LogP contribution < -0.4 is 11.1 Å². The average Bonchev–Trinajstić information content (AvgIpc) is 3.24. The molecule has 4 rings (SSSR count). The summed E-state index contributed by atoms with van der Waals surface area (Å²) in [6.07, 6.45) is 2.66.